The lowest BCUT2D eigenvalue weighted by molar-refractivity contribution is 0.569. The van der Waals surface area contributed by atoms with E-state index in [-0.39, 0.29) is 4.64 Å². The van der Waals surface area contributed by atoms with Crippen molar-refractivity contribution in [1.82, 2.24) is 9.97 Å². The van der Waals surface area contributed by atoms with Gasteiger partial charge in [0.25, 0.3) is 0 Å². The molecule has 0 bridgehead atoms. The molecular formula is C5H5FN2S. The molecule has 0 amide bonds. The van der Waals surface area contributed by atoms with Crippen molar-refractivity contribution in [2.75, 3.05) is 0 Å². The van der Waals surface area contributed by atoms with Crippen molar-refractivity contribution in [2.24, 2.45) is 0 Å². The minimum Gasteiger partial charge on any atom is -0.345 e. The van der Waals surface area contributed by atoms with Gasteiger partial charge in [-0.05, 0) is 6.92 Å². The van der Waals surface area contributed by atoms with Crippen molar-refractivity contribution in [1.29, 1.82) is 0 Å². The Labute approximate surface area is 56.8 Å². The molecule has 0 spiro atoms. The Hall–Kier alpha value is -0.770. The summed E-state index contributed by atoms with van der Waals surface area (Å²) in [6.07, 6.45) is 1.39. The van der Waals surface area contributed by atoms with Crippen LogP contribution in [-0.4, -0.2) is 9.97 Å². The molecule has 0 aliphatic rings. The first-order valence-corrected chi connectivity index (χ1v) is 2.82. The van der Waals surface area contributed by atoms with Crippen LogP contribution in [0.15, 0.2) is 6.20 Å². The van der Waals surface area contributed by atoms with Crippen LogP contribution in [0.3, 0.4) is 0 Å². The number of aromatic amines is 1. The Bertz CT molecular complexity index is 268. The van der Waals surface area contributed by atoms with Gasteiger partial charge in [0.2, 0.25) is 5.95 Å². The Kier molecular flexibility index (Phi) is 1.57. The second-order valence-corrected chi connectivity index (χ2v) is 2.09. The number of nitrogens with one attached hydrogen (secondary N) is 1. The second kappa shape index (κ2) is 2.23. The van der Waals surface area contributed by atoms with Gasteiger partial charge in [-0.1, -0.05) is 12.2 Å². The van der Waals surface area contributed by atoms with Gasteiger partial charge >= 0.3 is 0 Å². The van der Waals surface area contributed by atoms with Gasteiger partial charge in [-0.2, -0.15) is 4.39 Å². The van der Waals surface area contributed by atoms with Crippen molar-refractivity contribution in [3.05, 3.63) is 22.5 Å². The molecule has 0 saturated carbocycles. The van der Waals surface area contributed by atoms with Crippen LogP contribution in [0, 0.1) is 17.5 Å². The molecule has 1 aromatic rings. The highest BCUT2D eigenvalue weighted by atomic mass is 32.1. The summed E-state index contributed by atoms with van der Waals surface area (Å²) >= 11 is 4.55. The molecular weight excluding hydrogens is 139 g/mol. The smallest absolute Gasteiger partial charge is 0.247 e. The lowest BCUT2D eigenvalue weighted by Crippen LogP contribution is -1.88. The minimum atomic E-state index is -0.615. The van der Waals surface area contributed by atoms with E-state index < -0.39 is 5.95 Å². The van der Waals surface area contributed by atoms with Crippen LogP contribution in [0.25, 0.3) is 0 Å². The zero-order chi connectivity index (χ0) is 6.85. The average Bonchev–Trinajstić information content (AvgIpc) is 1.80. The first kappa shape index (κ1) is 6.35. The number of nitrogens with zero attached hydrogens (tertiary/aromatic N) is 1. The molecule has 0 atom stereocenters. The SMILES string of the molecule is Cc1cnc(F)c(=S)[nH]1. The van der Waals surface area contributed by atoms with Gasteiger partial charge in [0, 0.05) is 11.9 Å². The van der Waals surface area contributed by atoms with E-state index in [0.717, 1.165) is 5.69 Å². The molecule has 48 valence electrons. The van der Waals surface area contributed by atoms with Gasteiger partial charge < -0.3 is 4.98 Å². The monoisotopic (exact) mass is 144 g/mol. The highest BCUT2D eigenvalue weighted by molar-refractivity contribution is 7.71. The van der Waals surface area contributed by atoms with Crippen LogP contribution in [0.1, 0.15) is 5.69 Å². The summed E-state index contributed by atoms with van der Waals surface area (Å²) in [6, 6.07) is 0. The topological polar surface area (TPSA) is 28.7 Å². The Morgan fingerprint density at radius 3 is 2.89 bits per heavy atom. The largest absolute Gasteiger partial charge is 0.345 e. The summed E-state index contributed by atoms with van der Waals surface area (Å²) in [7, 11) is 0. The summed E-state index contributed by atoms with van der Waals surface area (Å²) in [4.78, 5) is 5.99. The van der Waals surface area contributed by atoms with E-state index in [9.17, 15) is 4.39 Å². The zero-order valence-electron chi connectivity index (χ0n) is 4.81. The van der Waals surface area contributed by atoms with Crippen molar-refractivity contribution >= 4 is 12.2 Å². The lowest BCUT2D eigenvalue weighted by atomic mass is 10.5. The Morgan fingerprint density at radius 1 is 1.78 bits per heavy atom. The van der Waals surface area contributed by atoms with Crippen LogP contribution in [0.5, 0.6) is 0 Å². The molecule has 4 heteroatoms. The average molecular weight is 144 g/mol. The van der Waals surface area contributed by atoms with E-state index >= 15 is 0 Å². The number of hydrogen-bond acceptors (Lipinski definition) is 2. The van der Waals surface area contributed by atoms with Crippen LogP contribution < -0.4 is 0 Å². The summed E-state index contributed by atoms with van der Waals surface area (Å²) in [5.74, 6) is -0.615. The summed E-state index contributed by atoms with van der Waals surface area (Å²) in [5.41, 5.74) is 0.765. The summed E-state index contributed by atoms with van der Waals surface area (Å²) < 4.78 is 12.3. The van der Waals surface area contributed by atoms with Gasteiger partial charge in [0.1, 0.15) is 0 Å². The highest BCUT2D eigenvalue weighted by Gasteiger charge is 1.91. The van der Waals surface area contributed by atoms with E-state index in [1.165, 1.54) is 6.20 Å². The third-order valence-electron chi connectivity index (χ3n) is 0.870. The first-order valence-electron chi connectivity index (χ1n) is 2.41. The fourth-order valence-electron chi connectivity index (χ4n) is 0.475. The van der Waals surface area contributed by atoms with Gasteiger partial charge in [0.15, 0.2) is 4.64 Å². The molecule has 0 aliphatic heterocycles. The predicted octanol–water partition coefficient (Wildman–Crippen LogP) is 1.59. The van der Waals surface area contributed by atoms with Crippen LogP contribution >= 0.6 is 12.2 Å². The highest BCUT2D eigenvalue weighted by Crippen LogP contribution is 1.93. The molecule has 1 aromatic heterocycles. The van der Waals surface area contributed by atoms with E-state index in [2.05, 4.69) is 22.2 Å². The fraction of sp³-hybridized carbons (Fsp3) is 0.200. The van der Waals surface area contributed by atoms with Gasteiger partial charge in [-0.3, -0.25) is 0 Å². The molecule has 0 aromatic carbocycles. The maximum Gasteiger partial charge on any atom is 0.247 e. The zero-order valence-corrected chi connectivity index (χ0v) is 5.63. The normalized spacial score (nSPS) is 9.56. The van der Waals surface area contributed by atoms with E-state index in [0.29, 0.717) is 0 Å². The predicted molar refractivity (Wildman–Crippen MR) is 34.1 cm³/mol. The molecule has 9 heavy (non-hydrogen) atoms. The maximum absolute atomic E-state index is 12.3. The van der Waals surface area contributed by atoms with E-state index in [4.69, 9.17) is 0 Å². The van der Waals surface area contributed by atoms with E-state index in [1.807, 2.05) is 0 Å². The third kappa shape index (κ3) is 1.32. The molecule has 0 saturated heterocycles. The number of rotatable bonds is 0. The molecule has 0 unspecified atom stereocenters. The van der Waals surface area contributed by atoms with Gasteiger partial charge in [0.05, 0.1) is 0 Å². The number of aryl methyl sites for hydroxylation is 1. The molecule has 0 aliphatic carbocycles. The molecule has 0 radical (unpaired) electrons. The number of hydrogen-bond donors (Lipinski definition) is 1. The lowest BCUT2D eigenvalue weighted by Gasteiger charge is -1.89. The fourth-order valence-corrected chi connectivity index (χ4v) is 0.689. The number of H-pyrrole nitrogens is 1. The van der Waals surface area contributed by atoms with Crippen molar-refractivity contribution in [2.45, 2.75) is 6.92 Å². The number of aromatic nitrogens is 2. The minimum absolute atomic E-state index is 0.0648. The molecule has 1 N–H and O–H groups in total. The van der Waals surface area contributed by atoms with Crippen molar-refractivity contribution < 1.29 is 4.39 Å². The van der Waals surface area contributed by atoms with Crippen LogP contribution in [-0.2, 0) is 0 Å². The first-order chi connectivity index (χ1) is 4.20. The van der Waals surface area contributed by atoms with Crippen molar-refractivity contribution in [3.63, 3.8) is 0 Å². The van der Waals surface area contributed by atoms with Crippen LogP contribution in [0.4, 0.5) is 4.39 Å². The second-order valence-electron chi connectivity index (χ2n) is 1.69. The summed E-state index contributed by atoms with van der Waals surface area (Å²) in [5, 5.41) is 0. The molecule has 2 nitrogen and oxygen atoms in total. The van der Waals surface area contributed by atoms with Gasteiger partial charge in [-0.15, -0.1) is 0 Å². The number of halogens is 1. The van der Waals surface area contributed by atoms with Crippen molar-refractivity contribution in [3.8, 4) is 0 Å². The quantitative estimate of drug-likeness (QED) is 0.560. The molecule has 1 heterocycles. The van der Waals surface area contributed by atoms with Gasteiger partial charge in [-0.25, -0.2) is 4.98 Å². The van der Waals surface area contributed by atoms with E-state index in [1.54, 1.807) is 6.92 Å². The van der Waals surface area contributed by atoms with Crippen LogP contribution in [0.2, 0.25) is 0 Å². The molecule has 1 rings (SSSR count). The Balaban J connectivity index is 3.34. The standard InChI is InChI=1S/C5H5FN2S/c1-3-2-7-4(6)5(9)8-3/h2H,1H3,(H,8,9). The maximum atomic E-state index is 12.3. The molecule has 0 fully saturated rings. The summed E-state index contributed by atoms with van der Waals surface area (Å²) in [6.45, 7) is 1.77. The Morgan fingerprint density at radius 2 is 2.44 bits per heavy atom. The third-order valence-corrected chi connectivity index (χ3v) is 1.14.